The number of carbonyl (C=O) groups excluding carboxylic acids is 3. The van der Waals surface area contributed by atoms with Crippen LogP contribution in [0.4, 0.5) is 0 Å². The molecule has 0 fully saturated rings. The van der Waals surface area contributed by atoms with Crippen LogP contribution in [0, 0.1) is 5.92 Å². The standard InChI is InChI=1S/C15H24O8/c1-9(21-10(2)16)13(7-5-6-8-14(18)19)15(20)23-12(4)22-11(3)17/h9,12-13H,5-8H2,1-4H3,(H,18,19). The van der Waals surface area contributed by atoms with Crippen LogP contribution in [-0.2, 0) is 33.4 Å². The minimum atomic E-state index is -1.05. The number of rotatable bonds is 10. The topological polar surface area (TPSA) is 116 Å². The van der Waals surface area contributed by atoms with Crippen molar-refractivity contribution < 1.29 is 38.5 Å². The molecule has 0 rings (SSSR count). The first-order valence-corrected chi connectivity index (χ1v) is 7.40. The first-order chi connectivity index (χ1) is 10.6. The number of hydrogen-bond acceptors (Lipinski definition) is 7. The Morgan fingerprint density at radius 3 is 1.96 bits per heavy atom. The van der Waals surface area contributed by atoms with E-state index in [0.717, 1.165) is 0 Å². The monoisotopic (exact) mass is 332 g/mol. The fraction of sp³-hybridized carbons (Fsp3) is 0.733. The SMILES string of the molecule is CC(=O)OC(C)OC(=O)C(CCCCC(=O)O)C(C)OC(C)=O. The van der Waals surface area contributed by atoms with E-state index in [1.54, 1.807) is 6.92 Å². The van der Waals surface area contributed by atoms with Gasteiger partial charge >= 0.3 is 23.9 Å². The van der Waals surface area contributed by atoms with Gasteiger partial charge in [-0.1, -0.05) is 6.42 Å². The summed E-state index contributed by atoms with van der Waals surface area (Å²) in [6.07, 6.45) is -0.633. The highest BCUT2D eigenvalue weighted by Crippen LogP contribution is 2.19. The normalized spacial score (nSPS) is 14.3. The van der Waals surface area contributed by atoms with Crippen molar-refractivity contribution in [2.75, 3.05) is 0 Å². The summed E-state index contributed by atoms with van der Waals surface area (Å²) in [6, 6.07) is 0. The molecule has 0 bridgehead atoms. The molecule has 0 aliphatic rings. The van der Waals surface area contributed by atoms with Crippen LogP contribution >= 0.6 is 0 Å². The van der Waals surface area contributed by atoms with E-state index in [9.17, 15) is 19.2 Å². The van der Waals surface area contributed by atoms with E-state index >= 15 is 0 Å². The van der Waals surface area contributed by atoms with Crippen LogP contribution in [0.25, 0.3) is 0 Å². The van der Waals surface area contributed by atoms with Gasteiger partial charge in [0.1, 0.15) is 6.10 Å². The Morgan fingerprint density at radius 1 is 0.913 bits per heavy atom. The van der Waals surface area contributed by atoms with Gasteiger partial charge in [-0.15, -0.1) is 0 Å². The minimum absolute atomic E-state index is 0.00638. The van der Waals surface area contributed by atoms with Crippen molar-refractivity contribution in [3.63, 3.8) is 0 Å². The molecule has 0 saturated carbocycles. The highest BCUT2D eigenvalue weighted by Gasteiger charge is 2.30. The van der Waals surface area contributed by atoms with Crippen molar-refractivity contribution in [2.45, 2.75) is 65.8 Å². The molecule has 0 aliphatic heterocycles. The number of carbonyl (C=O) groups is 4. The van der Waals surface area contributed by atoms with Crippen molar-refractivity contribution in [3.8, 4) is 0 Å². The van der Waals surface area contributed by atoms with Crippen LogP contribution in [0.1, 0.15) is 53.4 Å². The summed E-state index contributed by atoms with van der Waals surface area (Å²) < 4.78 is 14.7. The molecule has 0 radical (unpaired) electrons. The van der Waals surface area contributed by atoms with Crippen LogP contribution in [0.2, 0.25) is 0 Å². The lowest BCUT2D eigenvalue weighted by atomic mass is 9.96. The number of unbranched alkanes of at least 4 members (excludes halogenated alkanes) is 1. The third-order valence-corrected chi connectivity index (χ3v) is 2.99. The smallest absolute Gasteiger partial charge is 0.315 e. The molecule has 0 aromatic rings. The number of aliphatic carboxylic acids is 1. The third kappa shape index (κ3) is 10.3. The largest absolute Gasteiger partial charge is 0.481 e. The summed E-state index contributed by atoms with van der Waals surface area (Å²) in [4.78, 5) is 44.5. The molecule has 0 aromatic heterocycles. The summed E-state index contributed by atoms with van der Waals surface area (Å²) in [5, 5.41) is 8.61. The average Bonchev–Trinajstić information content (AvgIpc) is 2.35. The average molecular weight is 332 g/mol. The molecule has 23 heavy (non-hydrogen) atoms. The molecule has 0 amide bonds. The molecular formula is C15H24O8. The Kier molecular flexibility index (Phi) is 9.60. The Bertz CT molecular complexity index is 431. The molecule has 0 aromatic carbocycles. The molecule has 1 N–H and O–H groups in total. The fourth-order valence-electron chi connectivity index (χ4n) is 2.04. The second-order valence-electron chi connectivity index (χ2n) is 5.17. The van der Waals surface area contributed by atoms with Gasteiger partial charge in [0.15, 0.2) is 0 Å². The predicted octanol–water partition coefficient (Wildman–Crippen LogP) is 1.65. The molecule has 132 valence electrons. The van der Waals surface area contributed by atoms with E-state index in [1.165, 1.54) is 20.8 Å². The van der Waals surface area contributed by atoms with Gasteiger partial charge in [-0.3, -0.25) is 19.2 Å². The Labute approximate surface area is 135 Å². The van der Waals surface area contributed by atoms with Crippen LogP contribution < -0.4 is 0 Å². The number of hydrogen-bond donors (Lipinski definition) is 1. The lowest BCUT2D eigenvalue weighted by Crippen LogP contribution is -2.34. The van der Waals surface area contributed by atoms with E-state index < -0.39 is 42.2 Å². The lowest BCUT2D eigenvalue weighted by molar-refractivity contribution is -0.189. The van der Waals surface area contributed by atoms with Gasteiger partial charge < -0.3 is 19.3 Å². The second kappa shape index (κ2) is 10.6. The Balaban J connectivity index is 4.67. The maximum atomic E-state index is 12.2. The molecule has 3 unspecified atom stereocenters. The zero-order valence-electron chi connectivity index (χ0n) is 13.9. The molecule has 0 aliphatic carbocycles. The molecule has 8 heteroatoms. The van der Waals surface area contributed by atoms with Crippen LogP contribution in [0.3, 0.4) is 0 Å². The van der Waals surface area contributed by atoms with Gasteiger partial charge in [-0.2, -0.15) is 0 Å². The minimum Gasteiger partial charge on any atom is -0.481 e. The number of ether oxygens (including phenoxy) is 3. The van der Waals surface area contributed by atoms with E-state index in [1.807, 2.05) is 0 Å². The maximum absolute atomic E-state index is 12.2. The molecule has 0 heterocycles. The van der Waals surface area contributed by atoms with Gasteiger partial charge in [-0.05, 0) is 19.8 Å². The number of esters is 3. The zero-order chi connectivity index (χ0) is 18.0. The van der Waals surface area contributed by atoms with Crippen molar-refractivity contribution in [3.05, 3.63) is 0 Å². The first kappa shape index (κ1) is 20.9. The maximum Gasteiger partial charge on any atom is 0.315 e. The van der Waals surface area contributed by atoms with Crippen LogP contribution in [0.5, 0.6) is 0 Å². The van der Waals surface area contributed by atoms with E-state index in [-0.39, 0.29) is 6.42 Å². The van der Waals surface area contributed by atoms with Crippen LogP contribution in [0.15, 0.2) is 0 Å². The van der Waals surface area contributed by atoms with Gasteiger partial charge in [0, 0.05) is 27.2 Å². The highest BCUT2D eigenvalue weighted by atomic mass is 16.7. The molecule has 8 nitrogen and oxygen atoms in total. The van der Waals surface area contributed by atoms with Gasteiger partial charge in [0.25, 0.3) is 0 Å². The van der Waals surface area contributed by atoms with E-state index in [4.69, 9.17) is 19.3 Å². The van der Waals surface area contributed by atoms with Crippen molar-refractivity contribution in [1.29, 1.82) is 0 Å². The molecule has 0 saturated heterocycles. The van der Waals surface area contributed by atoms with Crippen LogP contribution in [-0.4, -0.2) is 41.4 Å². The predicted molar refractivity (Wildman–Crippen MR) is 78.1 cm³/mol. The van der Waals surface area contributed by atoms with Crippen molar-refractivity contribution in [1.82, 2.24) is 0 Å². The summed E-state index contributed by atoms with van der Waals surface area (Å²) in [5.41, 5.74) is 0. The highest BCUT2D eigenvalue weighted by molar-refractivity contribution is 5.74. The van der Waals surface area contributed by atoms with Crippen molar-refractivity contribution in [2.24, 2.45) is 5.92 Å². The van der Waals surface area contributed by atoms with Gasteiger partial charge in [-0.25, -0.2) is 0 Å². The third-order valence-electron chi connectivity index (χ3n) is 2.99. The summed E-state index contributed by atoms with van der Waals surface area (Å²) in [6.45, 7) is 5.37. The van der Waals surface area contributed by atoms with Crippen molar-refractivity contribution >= 4 is 23.9 Å². The Morgan fingerprint density at radius 2 is 1.48 bits per heavy atom. The summed E-state index contributed by atoms with van der Waals surface area (Å²) >= 11 is 0. The second-order valence-corrected chi connectivity index (χ2v) is 5.17. The lowest BCUT2D eigenvalue weighted by Gasteiger charge is -2.23. The van der Waals surface area contributed by atoms with E-state index in [0.29, 0.717) is 19.3 Å². The summed E-state index contributed by atoms with van der Waals surface area (Å²) in [5.74, 6) is -3.46. The zero-order valence-corrected chi connectivity index (χ0v) is 13.9. The molecule has 0 spiro atoms. The Hall–Kier alpha value is -2.12. The first-order valence-electron chi connectivity index (χ1n) is 7.40. The fourth-order valence-corrected chi connectivity index (χ4v) is 2.04. The number of carboxylic acids is 1. The van der Waals surface area contributed by atoms with E-state index in [2.05, 4.69) is 0 Å². The number of carboxylic acid groups (broad SMARTS) is 1. The summed E-state index contributed by atoms with van der Waals surface area (Å²) in [7, 11) is 0. The quantitative estimate of drug-likeness (QED) is 0.365. The molecular weight excluding hydrogens is 308 g/mol. The van der Waals surface area contributed by atoms with Gasteiger partial charge in [0.05, 0.1) is 5.92 Å². The molecule has 3 atom stereocenters. The van der Waals surface area contributed by atoms with Gasteiger partial charge in [0.2, 0.25) is 6.29 Å².